The molecule has 1 atom stereocenters. The SMILES string of the molecule is C=CCC(N)C(=O)c1ccccc1OC. The predicted octanol–water partition coefficient (Wildman–Crippen LogP) is 1.78. The van der Waals surface area contributed by atoms with Gasteiger partial charge in [-0.3, -0.25) is 4.79 Å². The van der Waals surface area contributed by atoms with Crippen LogP contribution in [0, 0.1) is 0 Å². The highest BCUT2D eigenvalue weighted by Crippen LogP contribution is 2.19. The van der Waals surface area contributed by atoms with Gasteiger partial charge in [-0.1, -0.05) is 18.2 Å². The molecule has 0 aromatic heterocycles. The van der Waals surface area contributed by atoms with Crippen molar-refractivity contribution in [3.8, 4) is 5.75 Å². The molecule has 3 heteroatoms. The zero-order chi connectivity index (χ0) is 11.3. The van der Waals surface area contributed by atoms with Crippen LogP contribution in [0.5, 0.6) is 5.75 Å². The molecule has 0 heterocycles. The van der Waals surface area contributed by atoms with Gasteiger partial charge in [0.1, 0.15) is 5.75 Å². The fourth-order valence-corrected chi connectivity index (χ4v) is 1.33. The third-order valence-corrected chi connectivity index (χ3v) is 2.13. The first-order chi connectivity index (χ1) is 7.20. The lowest BCUT2D eigenvalue weighted by atomic mass is 10.0. The fourth-order valence-electron chi connectivity index (χ4n) is 1.33. The summed E-state index contributed by atoms with van der Waals surface area (Å²) in [4.78, 5) is 11.9. The molecule has 1 rings (SSSR count). The summed E-state index contributed by atoms with van der Waals surface area (Å²) >= 11 is 0. The van der Waals surface area contributed by atoms with Gasteiger partial charge in [-0.2, -0.15) is 0 Å². The van der Waals surface area contributed by atoms with Crippen LogP contribution >= 0.6 is 0 Å². The first kappa shape index (κ1) is 11.5. The average Bonchev–Trinajstić information content (AvgIpc) is 2.28. The Labute approximate surface area is 89.5 Å². The van der Waals surface area contributed by atoms with Crippen LogP contribution in [0.1, 0.15) is 16.8 Å². The second-order valence-corrected chi connectivity index (χ2v) is 3.20. The van der Waals surface area contributed by atoms with Gasteiger partial charge < -0.3 is 10.5 Å². The summed E-state index contributed by atoms with van der Waals surface area (Å²) in [6.45, 7) is 3.56. The molecule has 0 fully saturated rings. The number of ketones is 1. The lowest BCUT2D eigenvalue weighted by Crippen LogP contribution is -2.30. The zero-order valence-corrected chi connectivity index (χ0v) is 8.77. The van der Waals surface area contributed by atoms with Crippen LogP contribution in [0.15, 0.2) is 36.9 Å². The van der Waals surface area contributed by atoms with Gasteiger partial charge in [-0.25, -0.2) is 0 Å². The number of para-hydroxylation sites is 1. The molecule has 0 radical (unpaired) electrons. The number of rotatable bonds is 5. The Bertz CT molecular complexity index is 360. The summed E-state index contributed by atoms with van der Waals surface area (Å²) in [7, 11) is 1.53. The van der Waals surface area contributed by atoms with E-state index in [9.17, 15) is 4.79 Å². The van der Waals surface area contributed by atoms with Crippen LogP contribution in [0.3, 0.4) is 0 Å². The highest BCUT2D eigenvalue weighted by molar-refractivity contribution is 6.02. The van der Waals surface area contributed by atoms with E-state index in [4.69, 9.17) is 10.5 Å². The minimum absolute atomic E-state index is 0.118. The van der Waals surface area contributed by atoms with Gasteiger partial charge in [0.25, 0.3) is 0 Å². The minimum atomic E-state index is -0.543. The third kappa shape index (κ3) is 2.67. The number of hydrogen-bond donors (Lipinski definition) is 1. The lowest BCUT2D eigenvalue weighted by Gasteiger charge is -2.11. The van der Waals surface area contributed by atoms with Crippen LogP contribution in [0.25, 0.3) is 0 Å². The molecule has 3 nitrogen and oxygen atoms in total. The summed E-state index contributed by atoms with van der Waals surface area (Å²) in [5, 5.41) is 0. The Morgan fingerprint density at radius 1 is 1.60 bits per heavy atom. The molecule has 0 aliphatic heterocycles. The summed E-state index contributed by atoms with van der Waals surface area (Å²) in [6.07, 6.45) is 2.11. The van der Waals surface area contributed by atoms with E-state index in [2.05, 4.69) is 6.58 Å². The Kier molecular flexibility index (Phi) is 4.06. The van der Waals surface area contributed by atoms with Crippen molar-refractivity contribution in [3.05, 3.63) is 42.5 Å². The molecule has 1 unspecified atom stereocenters. The highest BCUT2D eigenvalue weighted by atomic mass is 16.5. The van der Waals surface area contributed by atoms with Crippen molar-refractivity contribution in [1.29, 1.82) is 0 Å². The smallest absolute Gasteiger partial charge is 0.183 e. The van der Waals surface area contributed by atoms with E-state index in [1.54, 1.807) is 24.3 Å². The normalized spacial score (nSPS) is 11.9. The highest BCUT2D eigenvalue weighted by Gasteiger charge is 2.17. The molecule has 2 N–H and O–H groups in total. The Hall–Kier alpha value is -1.61. The number of nitrogens with two attached hydrogens (primary N) is 1. The monoisotopic (exact) mass is 205 g/mol. The van der Waals surface area contributed by atoms with Gasteiger partial charge in [0.15, 0.2) is 5.78 Å². The lowest BCUT2D eigenvalue weighted by molar-refractivity contribution is 0.0959. The summed E-state index contributed by atoms with van der Waals surface area (Å²) in [5.74, 6) is 0.439. The van der Waals surface area contributed by atoms with Crippen molar-refractivity contribution in [2.75, 3.05) is 7.11 Å². The number of carbonyl (C=O) groups is 1. The molecule has 0 bridgehead atoms. The number of methoxy groups -OCH3 is 1. The molecule has 0 amide bonds. The van der Waals surface area contributed by atoms with E-state index in [0.717, 1.165) is 0 Å². The molecule has 0 aliphatic carbocycles. The van der Waals surface area contributed by atoms with Crippen LogP contribution < -0.4 is 10.5 Å². The van der Waals surface area contributed by atoms with Crippen LogP contribution in [0.4, 0.5) is 0 Å². The molecule has 1 aromatic carbocycles. The van der Waals surface area contributed by atoms with Crippen molar-refractivity contribution in [3.63, 3.8) is 0 Å². The van der Waals surface area contributed by atoms with Gasteiger partial charge in [-0.15, -0.1) is 6.58 Å². The topological polar surface area (TPSA) is 52.3 Å². The second-order valence-electron chi connectivity index (χ2n) is 3.20. The van der Waals surface area contributed by atoms with Gasteiger partial charge in [0, 0.05) is 0 Å². The number of hydrogen-bond acceptors (Lipinski definition) is 3. The van der Waals surface area contributed by atoms with Crippen molar-refractivity contribution in [2.24, 2.45) is 5.73 Å². The predicted molar refractivity (Wildman–Crippen MR) is 60.1 cm³/mol. The maximum absolute atomic E-state index is 11.9. The quantitative estimate of drug-likeness (QED) is 0.589. The van der Waals surface area contributed by atoms with E-state index in [0.29, 0.717) is 17.7 Å². The number of benzene rings is 1. The average molecular weight is 205 g/mol. The van der Waals surface area contributed by atoms with E-state index >= 15 is 0 Å². The summed E-state index contributed by atoms with van der Waals surface area (Å²) < 4.78 is 5.09. The molecule has 0 saturated carbocycles. The molecule has 0 aliphatic rings. The van der Waals surface area contributed by atoms with Gasteiger partial charge in [0.05, 0.1) is 18.7 Å². The first-order valence-electron chi connectivity index (χ1n) is 4.74. The van der Waals surface area contributed by atoms with Crippen molar-refractivity contribution in [1.82, 2.24) is 0 Å². The second kappa shape index (κ2) is 5.32. The van der Waals surface area contributed by atoms with Crippen LogP contribution in [0.2, 0.25) is 0 Å². The van der Waals surface area contributed by atoms with Crippen molar-refractivity contribution in [2.45, 2.75) is 12.5 Å². The van der Waals surface area contributed by atoms with Crippen LogP contribution in [-0.4, -0.2) is 18.9 Å². The summed E-state index contributed by atoms with van der Waals surface area (Å²) in [6, 6.07) is 6.52. The molecule has 0 saturated heterocycles. The molecule has 0 spiro atoms. The Morgan fingerprint density at radius 3 is 2.87 bits per heavy atom. The van der Waals surface area contributed by atoms with E-state index < -0.39 is 6.04 Å². The third-order valence-electron chi connectivity index (χ3n) is 2.13. The van der Waals surface area contributed by atoms with Crippen molar-refractivity contribution < 1.29 is 9.53 Å². The van der Waals surface area contributed by atoms with E-state index in [1.807, 2.05) is 6.07 Å². The molecule has 15 heavy (non-hydrogen) atoms. The molecular weight excluding hydrogens is 190 g/mol. The molecular formula is C12H15NO2. The van der Waals surface area contributed by atoms with Gasteiger partial charge in [-0.05, 0) is 18.6 Å². The first-order valence-corrected chi connectivity index (χ1v) is 4.74. The van der Waals surface area contributed by atoms with Gasteiger partial charge >= 0.3 is 0 Å². The largest absolute Gasteiger partial charge is 0.496 e. The minimum Gasteiger partial charge on any atom is -0.496 e. The molecule has 80 valence electrons. The maximum Gasteiger partial charge on any atom is 0.183 e. The van der Waals surface area contributed by atoms with Crippen LogP contribution in [-0.2, 0) is 0 Å². The number of carbonyl (C=O) groups excluding carboxylic acids is 1. The Morgan fingerprint density at radius 2 is 2.27 bits per heavy atom. The van der Waals surface area contributed by atoms with E-state index in [1.165, 1.54) is 7.11 Å². The maximum atomic E-state index is 11.9. The van der Waals surface area contributed by atoms with Crippen molar-refractivity contribution >= 4 is 5.78 Å². The Balaban J connectivity index is 2.94. The number of Topliss-reactive ketones (excluding diaryl/α,β-unsaturated/α-hetero) is 1. The summed E-state index contributed by atoms with van der Waals surface area (Å²) in [5.41, 5.74) is 6.23. The fraction of sp³-hybridized carbons (Fsp3) is 0.250. The standard InChI is InChI=1S/C12H15NO2/c1-3-6-10(13)12(14)9-7-4-5-8-11(9)15-2/h3-5,7-8,10H,1,6,13H2,2H3. The zero-order valence-electron chi connectivity index (χ0n) is 8.77. The number of ether oxygens (including phenoxy) is 1. The van der Waals surface area contributed by atoms with E-state index in [-0.39, 0.29) is 5.78 Å². The molecule has 1 aromatic rings. The van der Waals surface area contributed by atoms with Gasteiger partial charge in [0.2, 0.25) is 0 Å².